The Kier molecular flexibility index (Phi) is 7.81. The topological polar surface area (TPSA) is 113 Å². The lowest BCUT2D eigenvalue weighted by Gasteiger charge is -2.09. The average Bonchev–Trinajstić information content (AvgIpc) is 2.68. The number of carbonyl (C=O) groups is 2. The zero-order valence-electron chi connectivity index (χ0n) is 15.3. The van der Waals surface area contributed by atoms with Gasteiger partial charge in [-0.05, 0) is 54.2 Å². The molecule has 0 fully saturated rings. The van der Waals surface area contributed by atoms with Crippen molar-refractivity contribution < 1.29 is 14.5 Å². The van der Waals surface area contributed by atoms with Gasteiger partial charge >= 0.3 is 0 Å². The van der Waals surface area contributed by atoms with E-state index in [1.165, 1.54) is 24.3 Å². The summed E-state index contributed by atoms with van der Waals surface area (Å²) >= 11 is 10.8. The minimum atomic E-state index is -0.589. The number of halogens is 1. The Labute approximate surface area is 177 Å². The molecule has 8 nitrogen and oxygen atoms in total. The molecule has 0 heterocycles. The van der Waals surface area contributed by atoms with E-state index in [1.54, 1.807) is 37.3 Å². The molecule has 2 aromatic rings. The second kappa shape index (κ2) is 10.3. The molecule has 0 aliphatic heterocycles. The van der Waals surface area contributed by atoms with Gasteiger partial charge in [0.15, 0.2) is 5.11 Å². The number of benzene rings is 2. The van der Waals surface area contributed by atoms with Crippen molar-refractivity contribution >= 4 is 63.9 Å². The number of carbonyl (C=O) groups excluding carboxylic acids is 2. The number of anilines is 2. The highest BCUT2D eigenvalue weighted by Gasteiger charge is 2.11. The molecular weight excluding hydrogens is 416 g/mol. The minimum Gasteiger partial charge on any atom is -0.332 e. The van der Waals surface area contributed by atoms with Crippen molar-refractivity contribution in [2.24, 2.45) is 0 Å². The molecule has 0 atom stereocenters. The van der Waals surface area contributed by atoms with Gasteiger partial charge in [0, 0.05) is 29.9 Å². The van der Waals surface area contributed by atoms with Crippen molar-refractivity contribution in [3.05, 3.63) is 69.2 Å². The Morgan fingerprint density at radius 3 is 2.34 bits per heavy atom. The van der Waals surface area contributed by atoms with Crippen LogP contribution in [-0.2, 0) is 9.59 Å². The van der Waals surface area contributed by atoms with Crippen LogP contribution < -0.4 is 16.0 Å². The SMILES string of the molecule is CCC(=O)NC(=S)Nc1ccc(NC(=O)/C=C/c2ccc(Cl)c([N+](=O)[O-])c2)cc1. The molecule has 0 saturated heterocycles. The van der Waals surface area contributed by atoms with E-state index in [2.05, 4.69) is 16.0 Å². The van der Waals surface area contributed by atoms with Gasteiger partial charge in [0.05, 0.1) is 4.92 Å². The van der Waals surface area contributed by atoms with Crippen LogP contribution in [0.5, 0.6) is 0 Å². The smallest absolute Gasteiger partial charge is 0.288 e. The van der Waals surface area contributed by atoms with E-state index < -0.39 is 10.8 Å². The van der Waals surface area contributed by atoms with Gasteiger partial charge in [0.1, 0.15) is 5.02 Å². The largest absolute Gasteiger partial charge is 0.332 e. The Balaban J connectivity index is 1.95. The molecule has 29 heavy (non-hydrogen) atoms. The molecule has 0 spiro atoms. The van der Waals surface area contributed by atoms with Gasteiger partial charge in [-0.15, -0.1) is 0 Å². The third-order valence-corrected chi connectivity index (χ3v) is 4.10. The maximum Gasteiger partial charge on any atom is 0.288 e. The molecule has 10 heteroatoms. The Morgan fingerprint density at radius 2 is 1.76 bits per heavy atom. The fraction of sp³-hybridized carbons (Fsp3) is 0.105. The predicted octanol–water partition coefficient (Wildman–Crippen LogP) is 4.12. The van der Waals surface area contributed by atoms with E-state index in [4.69, 9.17) is 23.8 Å². The molecule has 0 aliphatic rings. The lowest BCUT2D eigenvalue weighted by atomic mass is 10.2. The highest BCUT2D eigenvalue weighted by Crippen LogP contribution is 2.25. The van der Waals surface area contributed by atoms with E-state index in [0.29, 0.717) is 23.4 Å². The molecular formula is C19H17ClN4O4S. The number of nitrogens with one attached hydrogen (secondary N) is 3. The average molecular weight is 433 g/mol. The first-order valence-electron chi connectivity index (χ1n) is 8.42. The van der Waals surface area contributed by atoms with Crippen LogP contribution in [0.15, 0.2) is 48.5 Å². The molecule has 0 unspecified atom stereocenters. The summed E-state index contributed by atoms with van der Waals surface area (Å²) < 4.78 is 0. The van der Waals surface area contributed by atoms with E-state index >= 15 is 0 Å². The highest BCUT2D eigenvalue weighted by molar-refractivity contribution is 7.80. The van der Waals surface area contributed by atoms with Gasteiger partial charge < -0.3 is 16.0 Å². The van der Waals surface area contributed by atoms with E-state index in [1.807, 2.05) is 0 Å². The van der Waals surface area contributed by atoms with Crippen LogP contribution in [0.1, 0.15) is 18.9 Å². The molecule has 0 bridgehead atoms. The number of nitrogens with zero attached hydrogens (tertiary/aromatic N) is 1. The van der Waals surface area contributed by atoms with Gasteiger partial charge in [-0.25, -0.2) is 0 Å². The number of nitro groups is 1. The summed E-state index contributed by atoms with van der Waals surface area (Å²) in [6.07, 6.45) is 3.03. The van der Waals surface area contributed by atoms with Crippen LogP contribution in [0.4, 0.5) is 17.1 Å². The summed E-state index contributed by atoms with van der Waals surface area (Å²) in [6.45, 7) is 1.72. The molecule has 2 amide bonds. The van der Waals surface area contributed by atoms with Crippen LogP contribution in [0.2, 0.25) is 5.02 Å². The standard InChI is InChI=1S/C19H17ClN4O4S/c1-2-17(25)23-19(29)22-14-7-5-13(6-8-14)21-18(26)10-4-12-3-9-15(20)16(11-12)24(27)28/h3-11H,2H2,1H3,(H,21,26)(H2,22,23,25,29)/b10-4+. The third-order valence-electron chi connectivity index (χ3n) is 3.58. The quantitative estimate of drug-likeness (QED) is 0.274. The normalized spacial score (nSPS) is 10.4. The van der Waals surface area contributed by atoms with Crippen molar-refractivity contribution in [2.75, 3.05) is 10.6 Å². The summed E-state index contributed by atoms with van der Waals surface area (Å²) in [6, 6.07) is 10.9. The second-order valence-electron chi connectivity index (χ2n) is 5.72. The zero-order chi connectivity index (χ0) is 21.4. The van der Waals surface area contributed by atoms with Crippen molar-refractivity contribution in [3.8, 4) is 0 Å². The summed E-state index contributed by atoms with van der Waals surface area (Å²) in [5, 5.41) is 19.2. The molecule has 2 rings (SSSR count). The summed E-state index contributed by atoms with van der Waals surface area (Å²) in [7, 11) is 0. The Morgan fingerprint density at radius 1 is 1.14 bits per heavy atom. The molecule has 0 radical (unpaired) electrons. The predicted molar refractivity (Wildman–Crippen MR) is 117 cm³/mol. The molecule has 0 aromatic heterocycles. The zero-order valence-corrected chi connectivity index (χ0v) is 16.8. The van der Waals surface area contributed by atoms with Crippen LogP contribution in [-0.4, -0.2) is 21.9 Å². The second-order valence-corrected chi connectivity index (χ2v) is 6.54. The molecule has 150 valence electrons. The van der Waals surface area contributed by atoms with Crippen molar-refractivity contribution in [2.45, 2.75) is 13.3 Å². The van der Waals surface area contributed by atoms with Crippen LogP contribution >= 0.6 is 23.8 Å². The van der Waals surface area contributed by atoms with E-state index in [9.17, 15) is 19.7 Å². The highest BCUT2D eigenvalue weighted by atomic mass is 35.5. The summed E-state index contributed by atoms with van der Waals surface area (Å²) in [4.78, 5) is 33.6. The number of thiocarbonyl (C=S) groups is 1. The fourth-order valence-corrected chi connectivity index (χ4v) is 2.56. The van der Waals surface area contributed by atoms with Gasteiger partial charge in [-0.1, -0.05) is 24.6 Å². The monoisotopic (exact) mass is 432 g/mol. The number of amides is 2. The van der Waals surface area contributed by atoms with Gasteiger partial charge in [0.2, 0.25) is 11.8 Å². The lowest BCUT2D eigenvalue weighted by Crippen LogP contribution is -2.33. The maximum atomic E-state index is 12.0. The van der Waals surface area contributed by atoms with Crippen molar-refractivity contribution in [1.29, 1.82) is 0 Å². The van der Waals surface area contributed by atoms with Crippen LogP contribution in [0, 0.1) is 10.1 Å². The molecule has 2 aromatic carbocycles. The first-order chi connectivity index (χ1) is 13.8. The third kappa shape index (κ3) is 6.98. The molecule has 0 aliphatic carbocycles. The fourth-order valence-electron chi connectivity index (χ4n) is 2.14. The summed E-state index contributed by atoms with van der Waals surface area (Å²) in [5.41, 5.74) is 1.42. The maximum absolute atomic E-state index is 12.0. The molecule has 0 saturated carbocycles. The van der Waals surface area contributed by atoms with E-state index in [0.717, 1.165) is 0 Å². The first-order valence-corrected chi connectivity index (χ1v) is 9.21. The number of hydrogen-bond acceptors (Lipinski definition) is 5. The lowest BCUT2D eigenvalue weighted by molar-refractivity contribution is -0.384. The molecule has 3 N–H and O–H groups in total. The Bertz CT molecular complexity index is 977. The van der Waals surface area contributed by atoms with Gasteiger partial charge in [-0.2, -0.15) is 0 Å². The van der Waals surface area contributed by atoms with Crippen LogP contribution in [0.25, 0.3) is 6.08 Å². The van der Waals surface area contributed by atoms with Gasteiger partial charge in [0.25, 0.3) is 5.69 Å². The van der Waals surface area contributed by atoms with Crippen molar-refractivity contribution in [3.63, 3.8) is 0 Å². The van der Waals surface area contributed by atoms with Crippen LogP contribution in [0.3, 0.4) is 0 Å². The number of hydrogen-bond donors (Lipinski definition) is 3. The first kappa shape index (κ1) is 22.0. The Hall–Kier alpha value is -3.30. The van der Waals surface area contributed by atoms with Gasteiger partial charge in [-0.3, -0.25) is 19.7 Å². The minimum absolute atomic E-state index is 0.0269. The number of nitro benzene ring substituents is 1. The summed E-state index contributed by atoms with van der Waals surface area (Å²) in [5.74, 6) is -0.599. The van der Waals surface area contributed by atoms with E-state index in [-0.39, 0.29) is 21.7 Å². The van der Waals surface area contributed by atoms with Crippen molar-refractivity contribution in [1.82, 2.24) is 5.32 Å². The number of rotatable bonds is 6.